The lowest BCUT2D eigenvalue weighted by atomic mass is 10.3. The Hall–Kier alpha value is -3.65. The molecular formula is C22H24N6O2. The zero-order valence-corrected chi connectivity index (χ0v) is 16.7. The van der Waals surface area contributed by atoms with Crippen LogP contribution in [0.3, 0.4) is 0 Å². The van der Waals surface area contributed by atoms with E-state index in [4.69, 9.17) is 9.84 Å². The Morgan fingerprint density at radius 3 is 2.57 bits per heavy atom. The average Bonchev–Trinajstić information content (AvgIpc) is 3.20. The molecule has 0 saturated heterocycles. The van der Waals surface area contributed by atoms with Crippen LogP contribution in [0.1, 0.15) is 13.3 Å². The molecule has 0 amide bonds. The van der Waals surface area contributed by atoms with Crippen LogP contribution in [-0.4, -0.2) is 44.6 Å². The van der Waals surface area contributed by atoms with E-state index in [-0.39, 0.29) is 6.61 Å². The fraction of sp³-hybridized carbons (Fsp3) is 0.227. The van der Waals surface area contributed by atoms with Crippen molar-refractivity contribution in [3.63, 3.8) is 0 Å². The molecule has 2 aromatic heterocycles. The van der Waals surface area contributed by atoms with Crippen molar-refractivity contribution in [2.45, 2.75) is 13.3 Å². The van der Waals surface area contributed by atoms with Crippen LogP contribution in [0.4, 0.5) is 17.5 Å². The van der Waals surface area contributed by atoms with E-state index in [1.54, 1.807) is 10.9 Å². The largest absolute Gasteiger partial charge is 0.494 e. The van der Waals surface area contributed by atoms with Gasteiger partial charge in [-0.2, -0.15) is 15.1 Å². The summed E-state index contributed by atoms with van der Waals surface area (Å²) in [7, 11) is 0. The fourth-order valence-corrected chi connectivity index (χ4v) is 3.06. The third kappa shape index (κ3) is 4.33. The maximum Gasteiger partial charge on any atom is 0.226 e. The summed E-state index contributed by atoms with van der Waals surface area (Å²) in [4.78, 5) is 9.29. The van der Waals surface area contributed by atoms with Crippen molar-refractivity contribution in [1.29, 1.82) is 0 Å². The van der Waals surface area contributed by atoms with E-state index in [1.807, 2.05) is 61.5 Å². The van der Waals surface area contributed by atoms with E-state index in [2.05, 4.69) is 25.7 Å². The topological polar surface area (TPSA) is 97.1 Å². The Balaban J connectivity index is 1.72. The molecule has 0 atom stereocenters. The van der Waals surface area contributed by atoms with Crippen LogP contribution in [0, 0.1) is 0 Å². The summed E-state index contributed by atoms with van der Waals surface area (Å²) in [5.74, 6) is 1.94. The number of rotatable bonds is 9. The van der Waals surface area contributed by atoms with Crippen molar-refractivity contribution in [1.82, 2.24) is 19.7 Å². The highest BCUT2D eigenvalue weighted by Gasteiger charge is 2.14. The molecule has 2 heterocycles. The van der Waals surface area contributed by atoms with E-state index >= 15 is 0 Å². The summed E-state index contributed by atoms with van der Waals surface area (Å²) in [5.41, 5.74) is 2.49. The molecule has 0 unspecified atom stereocenters. The Labute approximate surface area is 174 Å². The van der Waals surface area contributed by atoms with Gasteiger partial charge in [0.25, 0.3) is 0 Å². The predicted octanol–water partition coefficient (Wildman–Crippen LogP) is 3.75. The Morgan fingerprint density at radius 1 is 1.03 bits per heavy atom. The third-order valence-electron chi connectivity index (χ3n) is 4.48. The second-order valence-corrected chi connectivity index (χ2v) is 6.61. The van der Waals surface area contributed by atoms with E-state index in [1.165, 1.54) is 0 Å². The summed E-state index contributed by atoms with van der Waals surface area (Å²) >= 11 is 0. The number of aliphatic hydroxyl groups is 1. The van der Waals surface area contributed by atoms with Crippen molar-refractivity contribution in [2.75, 3.05) is 30.4 Å². The summed E-state index contributed by atoms with van der Waals surface area (Å²) < 4.78 is 7.30. The zero-order chi connectivity index (χ0) is 20.8. The van der Waals surface area contributed by atoms with Gasteiger partial charge in [0.1, 0.15) is 11.6 Å². The first-order valence-electron chi connectivity index (χ1n) is 9.94. The van der Waals surface area contributed by atoms with Gasteiger partial charge < -0.3 is 20.5 Å². The van der Waals surface area contributed by atoms with Crippen molar-refractivity contribution in [3.05, 3.63) is 60.8 Å². The molecule has 2 aromatic carbocycles. The number of hydrogen-bond acceptors (Lipinski definition) is 7. The maximum atomic E-state index is 9.07. The molecule has 0 aliphatic carbocycles. The van der Waals surface area contributed by atoms with Crippen LogP contribution in [0.25, 0.3) is 16.7 Å². The highest BCUT2D eigenvalue weighted by atomic mass is 16.5. The van der Waals surface area contributed by atoms with E-state index < -0.39 is 0 Å². The molecule has 0 saturated carbocycles. The number of nitrogens with zero attached hydrogens (tertiary/aromatic N) is 4. The van der Waals surface area contributed by atoms with Gasteiger partial charge in [-0.25, -0.2) is 4.68 Å². The van der Waals surface area contributed by atoms with Crippen LogP contribution < -0.4 is 15.4 Å². The first-order chi connectivity index (χ1) is 14.8. The molecule has 8 heteroatoms. The van der Waals surface area contributed by atoms with Crippen molar-refractivity contribution in [2.24, 2.45) is 0 Å². The molecule has 0 fully saturated rings. The molecule has 4 rings (SSSR count). The first-order valence-corrected chi connectivity index (χ1v) is 9.94. The summed E-state index contributed by atoms with van der Waals surface area (Å²) in [6.07, 6.45) is 2.37. The molecule has 0 bridgehead atoms. The molecule has 0 aliphatic heterocycles. The molecule has 0 spiro atoms. The SMILES string of the molecule is CCOc1ccc(Nc2nc(NCCCO)nc3c2cnn3-c2ccccc2)cc1. The van der Waals surface area contributed by atoms with Crippen LogP contribution in [0.15, 0.2) is 60.8 Å². The smallest absolute Gasteiger partial charge is 0.226 e. The molecule has 154 valence electrons. The minimum Gasteiger partial charge on any atom is -0.494 e. The number of para-hydroxylation sites is 1. The monoisotopic (exact) mass is 404 g/mol. The van der Waals surface area contributed by atoms with Gasteiger partial charge >= 0.3 is 0 Å². The molecular weight excluding hydrogens is 380 g/mol. The van der Waals surface area contributed by atoms with Crippen LogP contribution in [0.2, 0.25) is 0 Å². The van der Waals surface area contributed by atoms with Gasteiger partial charge in [-0.3, -0.25) is 0 Å². The van der Waals surface area contributed by atoms with Crippen LogP contribution in [0.5, 0.6) is 5.75 Å². The number of nitrogens with one attached hydrogen (secondary N) is 2. The number of anilines is 3. The van der Waals surface area contributed by atoms with Crippen LogP contribution >= 0.6 is 0 Å². The first kappa shape index (κ1) is 19.7. The number of hydrogen-bond donors (Lipinski definition) is 3. The predicted molar refractivity (Wildman–Crippen MR) is 118 cm³/mol. The van der Waals surface area contributed by atoms with E-state index in [0.29, 0.717) is 37.0 Å². The number of ether oxygens (including phenoxy) is 1. The van der Waals surface area contributed by atoms with Crippen molar-refractivity contribution in [3.8, 4) is 11.4 Å². The second kappa shape index (κ2) is 9.23. The number of benzene rings is 2. The van der Waals surface area contributed by atoms with Gasteiger partial charge in [-0.15, -0.1) is 0 Å². The maximum absolute atomic E-state index is 9.07. The lowest BCUT2D eigenvalue weighted by Gasteiger charge is -2.11. The van der Waals surface area contributed by atoms with Gasteiger partial charge in [-0.1, -0.05) is 18.2 Å². The number of fused-ring (bicyclic) bond motifs is 1. The number of aliphatic hydroxyl groups excluding tert-OH is 1. The average molecular weight is 404 g/mol. The zero-order valence-electron chi connectivity index (χ0n) is 16.7. The van der Waals surface area contributed by atoms with Gasteiger partial charge in [0, 0.05) is 18.8 Å². The van der Waals surface area contributed by atoms with E-state index in [9.17, 15) is 0 Å². The Bertz CT molecular complexity index is 1100. The highest BCUT2D eigenvalue weighted by Crippen LogP contribution is 2.27. The fourth-order valence-electron chi connectivity index (χ4n) is 3.06. The lowest BCUT2D eigenvalue weighted by Crippen LogP contribution is -2.09. The Morgan fingerprint density at radius 2 is 1.83 bits per heavy atom. The summed E-state index contributed by atoms with van der Waals surface area (Å²) in [6, 6.07) is 17.6. The second-order valence-electron chi connectivity index (χ2n) is 6.61. The van der Waals surface area contributed by atoms with E-state index in [0.717, 1.165) is 22.5 Å². The van der Waals surface area contributed by atoms with Gasteiger partial charge in [0.05, 0.1) is 23.9 Å². The normalized spacial score (nSPS) is 10.9. The quantitative estimate of drug-likeness (QED) is 0.366. The molecule has 4 aromatic rings. The highest BCUT2D eigenvalue weighted by molar-refractivity contribution is 5.90. The molecule has 30 heavy (non-hydrogen) atoms. The molecule has 0 radical (unpaired) electrons. The minimum absolute atomic E-state index is 0.106. The minimum atomic E-state index is 0.106. The molecule has 0 aliphatic rings. The van der Waals surface area contributed by atoms with Crippen LogP contribution in [-0.2, 0) is 0 Å². The molecule has 3 N–H and O–H groups in total. The standard InChI is InChI=1S/C22H24N6O2/c1-2-30-18-11-9-16(10-12-18)25-20-19-15-24-28(17-7-4-3-5-8-17)21(19)27-22(26-20)23-13-6-14-29/h3-5,7-12,15,29H,2,6,13-14H2,1H3,(H2,23,25,26,27). The van der Waals surface area contributed by atoms with Crippen molar-refractivity contribution >= 4 is 28.5 Å². The summed E-state index contributed by atoms with van der Waals surface area (Å²) in [5, 5.41) is 20.9. The third-order valence-corrected chi connectivity index (χ3v) is 4.48. The van der Waals surface area contributed by atoms with Crippen molar-refractivity contribution < 1.29 is 9.84 Å². The van der Waals surface area contributed by atoms with Gasteiger partial charge in [0.2, 0.25) is 5.95 Å². The van der Waals surface area contributed by atoms with Gasteiger partial charge in [-0.05, 0) is 49.7 Å². The summed E-state index contributed by atoms with van der Waals surface area (Å²) in [6.45, 7) is 3.26. The Kier molecular flexibility index (Phi) is 6.05. The molecule has 8 nitrogen and oxygen atoms in total. The lowest BCUT2D eigenvalue weighted by molar-refractivity contribution is 0.292. The number of aromatic nitrogens is 4. The van der Waals surface area contributed by atoms with Gasteiger partial charge in [0.15, 0.2) is 5.65 Å².